The van der Waals surface area contributed by atoms with E-state index in [0.717, 1.165) is 31.2 Å². The van der Waals surface area contributed by atoms with Gasteiger partial charge in [0.15, 0.2) is 0 Å². The lowest BCUT2D eigenvalue weighted by molar-refractivity contribution is -0.141. The molecule has 0 radical (unpaired) electrons. The number of imide groups is 1. The van der Waals surface area contributed by atoms with Gasteiger partial charge in [-0.25, -0.2) is 9.69 Å². The van der Waals surface area contributed by atoms with Gasteiger partial charge in [-0.1, -0.05) is 48.2 Å². The third-order valence-electron chi connectivity index (χ3n) is 8.51. The summed E-state index contributed by atoms with van der Waals surface area (Å²) in [5.41, 5.74) is 1.52. The van der Waals surface area contributed by atoms with Crippen molar-refractivity contribution in [3.63, 3.8) is 0 Å². The van der Waals surface area contributed by atoms with Gasteiger partial charge in [-0.15, -0.1) is 0 Å². The molecular weight excluding hydrogens is 499 g/mol. The summed E-state index contributed by atoms with van der Waals surface area (Å²) in [5.74, 6) is -0.299. The fourth-order valence-electron chi connectivity index (χ4n) is 6.76. The number of piperazine rings is 1. The molecule has 2 aromatic rings. The first-order chi connectivity index (χ1) is 17.3. The number of likely N-dealkylation sites (tertiary alicyclic amines) is 1. The molecule has 2 bridgehead atoms. The molecule has 9 heteroatoms. The maximum atomic E-state index is 14.2. The predicted octanol–water partition coefficient (Wildman–Crippen LogP) is 4.81. The molecule has 0 N–H and O–H groups in total. The largest absolute Gasteiger partial charge is 0.334 e. The second kappa shape index (κ2) is 8.22. The minimum absolute atomic E-state index is 0.0470. The summed E-state index contributed by atoms with van der Waals surface area (Å²) < 4.78 is 0. The van der Waals surface area contributed by atoms with Crippen LogP contribution < -0.4 is 4.90 Å². The molecule has 4 fully saturated rings. The summed E-state index contributed by atoms with van der Waals surface area (Å²) in [6.45, 7) is 2.12. The number of fused-ring (bicyclic) bond motifs is 5. The average Bonchev–Trinajstić information content (AvgIpc) is 3.65. The van der Waals surface area contributed by atoms with E-state index < -0.39 is 11.5 Å². The quantitative estimate of drug-likeness (QED) is 0.541. The van der Waals surface area contributed by atoms with Gasteiger partial charge in [-0.2, -0.15) is 5.26 Å². The highest BCUT2D eigenvalue weighted by Crippen LogP contribution is 2.48. The van der Waals surface area contributed by atoms with E-state index in [4.69, 9.17) is 23.2 Å². The third kappa shape index (κ3) is 3.07. The Balaban J connectivity index is 1.33. The number of rotatable bonds is 3. The van der Waals surface area contributed by atoms with Crippen LogP contribution in [0.2, 0.25) is 10.0 Å². The fourth-order valence-corrected chi connectivity index (χ4v) is 7.09. The number of halogens is 2. The lowest BCUT2D eigenvalue weighted by atomic mass is 9.77. The van der Waals surface area contributed by atoms with Crippen molar-refractivity contribution in [3.8, 4) is 6.07 Å². The van der Waals surface area contributed by atoms with Crippen LogP contribution in [0.3, 0.4) is 0 Å². The molecule has 4 aliphatic rings. The smallest absolute Gasteiger partial charge is 0.332 e. The van der Waals surface area contributed by atoms with Gasteiger partial charge in [0.1, 0.15) is 12.1 Å². The van der Waals surface area contributed by atoms with Gasteiger partial charge in [0.2, 0.25) is 5.91 Å². The van der Waals surface area contributed by atoms with Gasteiger partial charge < -0.3 is 9.80 Å². The monoisotopic (exact) mass is 522 g/mol. The van der Waals surface area contributed by atoms with Gasteiger partial charge in [0.05, 0.1) is 33.8 Å². The Kier molecular flexibility index (Phi) is 5.33. The first-order valence-electron chi connectivity index (χ1n) is 12.2. The average molecular weight is 523 g/mol. The summed E-state index contributed by atoms with van der Waals surface area (Å²) >= 11 is 12.5. The number of nitriles is 1. The zero-order chi connectivity index (χ0) is 25.4. The van der Waals surface area contributed by atoms with Crippen molar-refractivity contribution in [3.05, 3.63) is 63.1 Å². The Morgan fingerprint density at radius 3 is 2.44 bits per heavy atom. The zero-order valence-corrected chi connectivity index (χ0v) is 21.2. The van der Waals surface area contributed by atoms with Crippen LogP contribution in [0, 0.1) is 18.3 Å². The molecule has 3 atom stereocenters. The van der Waals surface area contributed by atoms with Gasteiger partial charge in [0.25, 0.3) is 5.91 Å². The molecule has 0 aromatic heterocycles. The first kappa shape index (κ1) is 23.3. The summed E-state index contributed by atoms with van der Waals surface area (Å²) in [6, 6.07) is 11.0. The van der Waals surface area contributed by atoms with Gasteiger partial charge in [-0.3, -0.25) is 9.59 Å². The number of hydrogen-bond donors (Lipinski definition) is 0. The number of carbonyl (C=O) groups is 3. The van der Waals surface area contributed by atoms with E-state index in [0.29, 0.717) is 34.8 Å². The summed E-state index contributed by atoms with van der Waals surface area (Å²) in [5, 5.41) is 10.1. The van der Waals surface area contributed by atoms with Gasteiger partial charge in [-0.05, 0) is 61.6 Å². The maximum Gasteiger partial charge on any atom is 0.332 e. The lowest BCUT2D eigenvalue weighted by Crippen LogP contribution is -2.58. The van der Waals surface area contributed by atoms with Crippen molar-refractivity contribution in [2.75, 3.05) is 11.4 Å². The summed E-state index contributed by atoms with van der Waals surface area (Å²) in [7, 11) is 0. The third-order valence-corrected chi connectivity index (χ3v) is 9.25. The Labute approximate surface area is 219 Å². The fraction of sp³-hybridized carbons (Fsp3) is 0.407. The number of carbonyl (C=O) groups excluding carboxylic acids is 3. The summed E-state index contributed by atoms with van der Waals surface area (Å²) in [6.07, 6.45) is 4.06. The molecule has 0 spiro atoms. The molecule has 184 valence electrons. The second-order valence-corrected chi connectivity index (χ2v) is 11.0. The highest BCUT2D eigenvalue weighted by molar-refractivity contribution is 6.33. The van der Waals surface area contributed by atoms with Gasteiger partial charge >= 0.3 is 6.03 Å². The maximum absolute atomic E-state index is 14.2. The molecule has 6 rings (SSSR count). The Morgan fingerprint density at radius 2 is 1.78 bits per heavy atom. The molecule has 2 unspecified atom stereocenters. The number of hydrogen-bond acceptors (Lipinski definition) is 4. The molecule has 1 saturated carbocycles. The molecule has 3 heterocycles. The van der Waals surface area contributed by atoms with E-state index in [1.54, 1.807) is 17.9 Å². The van der Waals surface area contributed by atoms with Crippen LogP contribution >= 0.6 is 23.2 Å². The molecule has 3 saturated heterocycles. The van der Waals surface area contributed by atoms with Crippen LogP contribution in [0.1, 0.15) is 48.8 Å². The number of benzene rings is 2. The number of amides is 4. The first-order valence-corrected chi connectivity index (χ1v) is 13.0. The van der Waals surface area contributed by atoms with Crippen LogP contribution in [0.15, 0.2) is 36.4 Å². The van der Waals surface area contributed by atoms with Crippen molar-refractivity contribution in [1.29, 1.82) is 5.26 Å². The van der Waals surface area contributed by atoms with E-state index in [-0.39, 0.29) is 35.0 Å². The van der Waals surface area contributed by atoms with Crippen molar-refractivity contribution in [1.82, 2.24) is 9.80 Å². The van der Waals surface area contributed by atoms with E-state index in [1.165, 1.54) is 11.0 Å². The van der Waals surface area contributed by atoms with Crippen LogP contribution in [-0.4, -0.2) is 52.3 Å². The summed E-state index contributed by atoms with van der Waals surface area (Å²) in [4.78, 5) is 46.0. The highest BCUT2D eigenvalue weighted by atomic mass is 35.5. The SMILES string of the molecule is Cc1c(N2C(=O)[C@H]3C4CC(CN4C(=O)C4(c5ccc(Cl)cc5)CCCC4)N3C2=O)ccc(C#N)c1Cl. The van der Waals surface area contributed by atoms with E-state index in [1.807, 2.05) is 35.2 Å². The molecule has 1 aliphatic carbocycles. The standard InChI is InChI=1S/C27H24Cl2N4O3/c1-15-20(9-4-16(13-30)22(15)29)33-24(34)23-21-12-19(32(23)26(33)36)14-31(21)25(35)27(10-2-3-11-27)17-5-7-18(28)8-6-17/h4-9,19,21,23H,2-3,10-12,14H2,1H3/t19?,21?,23-/m1/s1. The normalized spacial score (nSPS) is 26.1. The molecule has 3 aliphatic heterocycles. The van der Waals surface area contributed by atoms with E-state index >= 15 is 0 Å². The highest BCUT2D eigenvalue weighted by Gasteiger charge is 2.64. The number of urea groups is 1. The van der Waals surface area contributed by atoms with Crippen molar-refractivity contribution >= 4 is 46.7 Å². The molecule has 36 heavy (non-hydrogen) atoms. The number of nitrogens with zero attached hydrogens (tertiary/aromatic N) is 4. The lowest BCUT2D eigenvalue weighted by Gasteiger charge is -2.40. The van der Waals surface area contributed by atoms with Crippen molar-refractivity contribution < 1.29 is 14.4 Å². The van der Waals surface area contributed by atoms with Crippen molar-refractivity contribution in [2.45, 2.75) is 62.6 Å². The Bertz CT molecular complexity index is 1350. The minimum Gasteiger partial charge on any atom is -0.334 e. The van der Waals surface area contributed by atoms with Crippen LogP contribution in [0.25, 0.3) is 0 Å². The molecule has 7 nitrogen and oxygen atoms in total. The molecule has 2 aromatic carbocycles. The van der Waals surface area contributed by atoms with Crippen LogP contribution in [0.4, 0.5) is 10.5 Å². The van der Waals surface area contributed by atoms with Gasteiger partial charge in [0, 0.05) is 11.6 Å². The number of anilines is 1. The molecule has 4 amide bonds. The minimum atomic E-state index is -0.710. The Hall–Kier alpha value is -3.08. The topological polar surface area (TPSA) is 84.7 Å². The molecular formula is C27H24Cl2N4O3. The van der Waals surface area contributed by atoms with Crippen LogP contribution in [0.5, 0.6) is 0 Å². The van der Waals surface area contributed by atoms with E-state index in [2.05, 4.69) is 0 Å². The predicted molar refractivity (Wildman–Crippen MR) is 135 cm³/mol. The van der Waals surface area contributed by atoms with E-state index in [9.17, 15) is 19.6 Å². The van der Waals surface area contributed by atoms with Crippen molar-refractivity contribution in [2.24, 2.45) is 0 Å². The van der Waals surface area contributed by atoms with Crippen LogP contribution in [-0.2, 0) is 15.0 Å². The zero-order valence-electron chi connectivity index (χ0n) is 19.7. The Morgan fingerprint density at radius 1 is 1.08 bits per heavy atom. The second-order valence-electron chi connectivity index (χ2n) is 10.2.